The third kappa shape index (κ3) is 2.99. The number of halogens is 1. The van der Waals surface area contributed by atoms with Crippen LogP contribution in [0.4, 0.5) is 0 Å². The normalized spacial score (nSPS) is 24.8. The Morgan fingerprint density at radius 1 is 1.21 bits per heavy atom. The number of hydrogen-bond donors (Lipinski definition) is 0. The van der Waals surface area contributed by atoms with Crippen LogP contribution in [0.3, 0.4) is 0 Å². The maximum absolute atomic E-state index is 6.70. The van der Waals surface area contributed by atoms with Crippen molar-refractivity contribution in [1.82, 2.24) is 14.7 Å². The summed E-state index contributed by atoms with van der Waals surface area (Å²) in [5.74, 6) is 0. The molecule has 1 aliphatic carbocycles. The molecule has 4 nitrogen and oxygen atoms in total. The summed E-state index contributed by atoms with van der Waals surface area (Å²) in [6, 6.07) is 10.6. The van der Waals surface area contributed by atoms with Gasteiger partial charge in [-0.3, -0.25) is 4.90 Å². The molecule has 1 saturated carbocycles. The van der Waals surface area contributed by atoms with Gasteiger partial charge >= 0.3 is 0 Å². The van der Waals surface area contributed by atoms with Gasteiger partial charge in [-0.15, -0.1) is 0 Å². The second kappa shape index (κ2) is 6.87. The van der Waals surface area contributed by atoms with Gasteiger partial charge in [-0.2, -0.15) is 5.10 Å². The fourth-order valence-electron chi connectivity index (χ4n) is 4.03. The lowest BCUT2D eigenvalue weighted by Gasteiger charge is -2.43. The molecule has 0 spiro atoms. The number of ether oxygens (including phenoxy) is 1. The molecule has 1 aromatic heterocycles. The number of fused-ring (bicyclic) bond motifs is 1. The maximum Gasteiger partial charge on any atom is 0.137 e. The number of rotatable bonds is 3. The van der Waals surface area contributed by atoms with E-state index in [-0.39, 0.29) is 0 Å². The fraction of sp³-hybridized carbons (Fsp3) is 0.526. The van der Waals surface area contributed by atoms with Crippen molar-refractivity contribution in [3.8, 4) is 5.69 Å². The summed E-state index contributed by atoms with van der Waals surface area (Å²) in [6.45, 7) is 4.72. The van der Waals surface area contributed by atoms with Gasteiger partial charge in [-0.1, -0.05) is 42.6 Å². The van der Waals surface area contributed by atoms with Crippen molar-refractivity contribution in [2.24, 2.45) is 0 Å². The standard InChI is InChI=1S/C19H24ClN3O/c1-14-16(19(20)23(21-14)15-7-3-2-4-8-15)13-22-11-12-24-18-10-6-5-9-17(18)22/h2-4,7-8,17-18H,5-6,9-13H2,1H3. The van der Waals surface area contributed by atoms with Gasteiger partial charge in [-0.05, 0) is 31.9 Å². The molecule has 2 heterocycles. The number of morpholine rings is 1. The molecular formula is C19H24ClN3O. The van der Waals surface area contributed by atoms with E-state index in [1.54, 1.807) is 0 Å². The summed E-state index contributed by atoms with van der Waals surface area (Å²) in [5.41, 5.74) is 3.17. The number of nitrogens with zero attached hydrogens (tertiary/aromatic N) is 3. The van der Waals surface area contributed by atoms with Crippen molar-refractivity contribution < 1.29 is 4.74 Å². The molecule has 0 amide bonds. The molecule has 2 fully saturated rings. The molecule has 0 N–H and O–H groups in total. The maximum atomic E-state index is 6.70. The largest absolute Gasteiger partial charge is 0.375 e. The lowest BCUT2D eigenvalue weighted by molar-refractivity contribution is -0.0911. The SMILES string of the molecule is Cc1nn(-c2ccccc2)c(Cl)c1CN1CCOC2CCCCC21. The average molecular weight is 346 g/mol. The van der Waals surface area contributed by atoms with Crippen LogP contribution in [0, 0.1) is 6.92 Å². The molecule has 0 radical (unpaired) electrons. The topological polar surface area (TPSA) is 30.3 Å². The van der Waals surface area contributed by atoms with Crippen molar-refractivity contribution in [1.29, 1.82) is 0 Å². The van der Waals surface area contributed by atoms with Crippen molar-refractivity contribution in [3.63, 3.8) is 0 Å². The molecule has 1 aliphatic heterocycles. The summed E-state index contributed by atoms with van der Waals surface area (Å²) in [7, 11) is 0. The predicted molar refractivity (Wildman–Crippen MR) is 95.7 cm³/mol. The molecule has 0 bridgehead atoms. The quantitative estimate of drug-likeness (QED) is 0.843. The minimum atomic E-state index is 0.399. The lowest BCUT2D eigenvalue weighted by Crippen LogP contribution is -2.52. The van der Waals surface area contributed by atoms with Crippen LogP contribution in [0.25, 0.3) is 5.69 Å². The van der Waals surface area contributed by atoms with E-state index >= 15 is 0 Å². The zero-order valence-corrected chi connectivity index (χ0v) is 14.9. The highest BCUT2D eigenvalue weighted by Crippen LogP contribution is 2.32. The molecule has 4 rings (SSSR count). The Labute approximate surface area is 148 Å². The lowest BCUT2D eigenvalue weighted by atomic mass is 9.90. The summed E-state index contributed by atoms with van der Waals surface area (Å²) >= 11 is 6.70. The molecule has 2 aromatic rings. The van der Waals surface area contributed by atoms with Crippen LogP contribution in [0.2, 0.25) is 5.15 Å². The van der Waals surface area contributed by atoms with Gasteiger partial charge in [0, 0.05) is 24.7 Å². The van der Waals surface area contributed by atoms with E-state index in [1.165, 1.54) is 25.7 Å². The highest BCUT2D eigenvalue weighted by molar-refractivity contribution is 6.30. The number of benzene rings is 1. The molecule has 2 aliphatic rings. The predicted octanol–water partition coefficient (Wildman–Crippen LogP) is 3.98. The van der Waals surface area contributed by atoms with E-state index in [0.29, 0.717) is 12.1 Å². The van der Waals surface area contributed by atoms with Crippen molar-refractivity contribution in [2.45, 2.75) is 51.3 Å². The van der Waals surface area contributed by atoms with Crippen LogP contribution in [-0.2, 0) is 11.3 Å². The highest BCUT2D eigenvalue weighted by Gasteiger charge is 2.34. The molecule has 1 saturated heterocycles. The van der Waals surface area contributed by atoms with E-state index < -0.39 is 0 Å². The zero-order chi connectivity index (χ0) is 16.5. The van der Waals surface area contributed by atoms with Gasteiger partial charge in [0.2, 0.25) is 0 Å². The van der Waals surface area contributed by atoms with Crippen molar-refractivity contribution >= 4 is 11.6 Å². The first-order valence-electron chi connectivity index (χ1n) is 8.89. The van der Waals surface area contributed by atoms with Crippen LogP contribution in [0.1, 0.15) is 36.9 Å². The van der Waals surface area contributed by atoms with Crippen LogP contribution in [-0.4, -0.2) is 40.0 Å². The Hall–Kier alpha value is -1.36. The highest BCUT2D eigenvalue weighted by atomic mass is 35.5. The van der Waals surface area contributed by atoms with Crippen LogP contribution in [0.5, 0.6) is 0 Å². The van der Waals surface area contributed by atoms with Gasteiger partial charge in [0.25, 0.3) is 0 Å². The average Bonchev–Trinajstić information content (AvgIpc) is 2.91. The van der Waals surface area contributed by atoms with Crippen molar-refractivity contribution in [2.75, 3.05) is 13.2 Å². The van der Waals surface area contributed by atoms with E-state index in [0.717, 1.165) is 41.8 Å². The second-order valence-electron chi connectivity index (χ2n) is 6.83. The van der Waals surface area contributed by atoms with E-state index in [2.05, 4.69) is 16.9 Å². The Morgan fingerprint density at radius 3 is 2.83 bits per heavy atom. The molecule has 1 aromatic carbocycles. The molecule has 128 valence electrons. The Balaban J connectivity index is 1.59. The van der Waals surface area contributed by atoms with Crippen LogP contribution < -0.4 is 0 Å². The first kappa shape index (κ1) is 16.1. The van der Waals surface area contributed by atoms with Gasteiger partial charge in [0.05, 0.1) is 24.1 Å². The van der Waals surface area contributed by atoms with Gasteiger partial charge in [-0.25, -0.2) is 4.68 Å². The molecule has 2 unspecified atom stereocenters. The number of aromatic nitrogens is 2. The summed E-state index contributed by atoms with van der Waals surface area (Å²) in [5, 5.41) is 5.41. The molecular weight excluding hydrogens is 322 g/mol. The third-order valence-corrected chi connectivity index (χ3v) is 5.72. The third-order valence-electron chi connectivity index (χ3n) is 5.33. The molecule has 5 heteroatoms. The fourth-order valence-corrected chi connectivity index (χ4v) is 4.36. The smallest absolute Gasteiger partial charge is 0.137 e. The minimum absolute atomic E-state index is 0.399. The Bertz CT molecular complexity index is 698. The zero-order valence-electron chi connectivity index (χ0n) is 14.1. The summed E-state index contributed by atoms with van der Waals surface area (Å²) < 4.78 is 7.84. The van der Waals surface area contributed by atoms with Crippen molar-refractivity contribution in [3.05, 3.63) is 46.7 Å². The monoisotopic (exact) mass is 345 g/mol. The molecule has 24 heavy (non-hydrogen) atoms. The number of aryl methyl sites for hydroxylation is 1. The summed E-state index contributed by atoms with van der Waals surface area (Å²) in [4.78, 5) is 2.55. The minimum Gasteiger partial charge on any atom is -0.375 e. The first-order chi connectivity index (χ1) is 11.7. The summed E-state index contributed by atoms with van der Waals surface area (Å²) in [6.07, 6.45) is 5.42. The van der Waals surface area contributed by atoms with Gasteiger partial charge in [0.1, 0.15) is 5.15 Å². The Kier molecular flexibility index (Phi) is 4.61. The second-order valence-corrected chi connectivity index (χ2v) is 7.19. The van der Waals surface area contributed by atoms with Gasteiger partial charge < -0.3 is 4.74 Å². The number of para-hydroxylation sites is 1. The number of hydrogen-bond acceptors (Lipinski definition) is 3. The van der Waals surface area contributed by atoms with E-state index in [1.807, 2.05) is 35.0 Å². The van der Waals surface area contributed by atoms with Crippen LogP contribution >= 0.6 is 11.6 Å². The van der Waals surface area contributed by atoms with Gasteiger partial charge in [0.15, 0.2) is 0 Å². The Morgan fingerprint density at radius 2 is 2.00 bits per heavy atom. The van der Waals surface area contributed by atoms with E-state index in [9.17, 15) is 0 Å². The first-order valence-corrected chi connectivity index (χ1v) is 9.27. The van der Waals surface area contributed by atoms with E-state index in [4.69, 9.17) is 16.3 Å². The van der Waals surface area contributed by atoms with Crippen LogP contribution in [0.15, 0.2) is 30.3 Å². The molecule has 2 atom stereocenters.